The van der Waals surface area contributed by atoms with E-state index < -0.39 is 0 Å². The minimum Gasteiger partial charge on any atom is -0.379 e. The van der Waals surface area contributed by atoms with E-state index >= 15 is 0 Å². The predicted molar refractivity (Wildman–Crippen MR) is 111 cm³/mol. The molecule has 0 aliphatic heterocycles. The number of carbonyl (C=O) groups is 2. The summed E-state index contributed by atoms with van der Waals surface area (Å²) in [5.74, 6) is 0.407. The molecule has 28 heavy (non-hydrogen) atoms. The lowest BCUT2D eigenvalue weighted by Crippen LogP contribution is -2.38. The van der Waals surface area contributed by atoms with Crippen molar-refractivity contribution >= 4 is 11.8 Å². The molecule has 7 nitrogen and oxygen atoms in total. The average Bonchev–Trinajstić information content (AvgIpc) is 2.61. The summed E-state index contributed by atoms with van der Waals surface area (Å²) in [7, 11) is 0. The molecule has 7 heteroatoms. The minimum absolute atomic E-state index is 0.0511. The van der Waals surface area contributed by atoms with Crippen LogP contribution in [0.5, 0.6) is 0 Å². The summed E-state index contributed by atoms with van der Waals surface area (Å²) in [6.45, 7) is 19.4. The van der Waals surface area contributed by atoms with Crippen molar-refractivity contribution in [1.29, 1.82) is 0 Å². The molecule has 0 spiro atoms. The maximum Gasteiger partial charge on any atom is 0.246 e. The molecule has 2 amide bonds. The van der Waals surface area contributed by atoms with Crippen molar-refractivity contribution in [2.24, 2.45) is 17.3 Å². The maximum atomic E-state index is 11.8. The molecule has 2 N–H and O–H groups in total. The second-order valence-corrected chi connectivity index (χ2v) is 8.42. The van der Waals surface area contributed by atoms with Crippen molar-refractivity contribution in [2.75, 3.05) is 52.7 Å². The van der Waals surface area contributed by atoms with E-state index in [-0.39, 0.29) is 29.1 Å². The fourth-order valence-corrected chi connectivity index (χ4v) is 1.97. The lowest BCUT2D eigenvalue weighted by molar-refractivity contribution is -0.128. The lowest BCUT2D eigenvalue weighted by Gasteiger charge is -2.20. The molecule has 164 valence electrons. The van der Waals surface area contributed by atoms with E-state index in [9.17, 15) is 9.59 Å². The number of amides is 2. The van der Waals surface area contributed by atoms with E-state index in [1.54, 1.807) is 6.92 Å². The monoisotopic (exact) mass is 400 g/mol. The Balaban J connectivity index is 3.49. The zero-order valence-corrected chi connectivity index (χ0v) is 18.6. The quantitative estimate of drug-likeness (QED) is 0.325. The van der Waals surface area contributed by atoms with Gasteiger partial charge in [0.05, 0.1) is 39.6 Å². The third kappa shape index (κ3) is 14.6. The Labute approximate surface area is 170 Å². The molecule has 2 atom stereocenters. The van der Waals surface area contributed by atoms with Crippen molar-refractivity contribution in [3.05, 3.63) is 12.2 Å². The Morgan fingerprint density at radius 1 is 0.857 bits per heavy atom. The Hall–Kier alpha value is -1.44. The van der Waals surface area contributed by atoms with Crippen LogP contribution < -0.4 is 10.6 Å². The van der Waals surface area contributed by atoms with E-state index in [4.69, 9.17) is 14.2 Å². The first-order chi connectivity index (χ1) is 13.0. The molecule has 0 heterocycles. The topological polar surface area (TPSA) is 85.9 Å². The first-order valence-electron chi connectivity index (χ1n) is 9.99. The van der Waals surface area contributed by atoms with Crippen molar-refractivity contribution in [3.63, 3.8) is 0 Å². The van der Waals surface area contributed by atoms with Crippen molar-refractivity contribution in [3.8, 4) is 0 Å². The van der Waals surface area contributed by atoms with Crippen LogP contribution in [0.1, 0.15) is 41.5 Å². The van der Waals surface area contributed by atoms with Gasteiger partial charge in [0.15, 0.2) is 0 Å². The molecule has 0 saturated heterocycles. The summed E-state index contributed by atoms with van der Waals surface area (Å²) in [5, 5.41) is 5.73. The maximum absolute atomic E-state index is 11.8. The second kappa shape index (κ2) is 14.5. The molecule has 0 bridgehead atoms. The zero-order chi connectivity index (χ0) is 21.6. The van der Waals surface area contributed by atoms with E-state index in [0.29, 0.717) is 58.3 Å². The van der Waals surface area contributed by atoms with Gasteiger partial charge in [0.2, 0.25) is 11.8 Å². The first kappa shape index (κ1) is 26.6. The fraction of sp³-hybridized carbons (Fsp3) is 0.810. The summed E-state index contributed by atoms with van der Waals surface area (Å²) in [4.78, 5) is 23.2. The minimum atomic E-state index is -0.368. The molecule has 0 rings (SSSR count). The molecule has 0 fully saturated rings. The molecular formula is C21H40N2O5. The second-order valence-electron chi connectivity index (χ2n) is 8.42. The summed E-state index contributed by atoms with van der Waals surface area (Å²) < 4.78 is 16.6. The highest BCUT2D eigenvalue weighted by molar-refractivity contribution is 5.92. The molecule has 0 aromatic rings. The molecule has 0 radical (unpaired) electrons. The van der Waals surface area contributed by atoms with Gasteiger partial charge in [-0.1, -0.05) is 41.2 Å². The third-order valence-electron chi connectivity index (χ3n) is 3.84. The van der Waals surface area contributed by atoms with Crippen LogP contribution >= 0.6 is 0 Å². The van der Waals surface area contributed by atoms with Crippen molar-refractivity contribution < 1.29 is 23.8 Å². The molecule has 1 unspecified atom stereocenters. The van der Waals surface area contributed by atoms with Gasteiger partial charge in [0.25, 0.3) is 0 Å². The average molecular weight is 401 g/mol. The standard InChI is InChI=1S/C21H40N2O5/c1-16(2)19(24)22-12-17(3)14-27-10-8-26-9-11-28-15-18(4)13-23-20(25)21(5,6)7/h17-18H,1,8-15H2,2-7H3,(H,22,24)(H,23,25)/t17?,18-/m1/s1. The van der Waals surface area contributed by atoms with Gasteiger partial charge in [-0.25, -0.2) is 0 Å². The Bertz CT molecular complexity index is 474. The van der Waals surface area contributed by atoms with Crippen LogP contribution in [-0.2, 0) is 23.8 Å². The van der Waals surface area contributed by atoms with E-state index in [0.717, 1.165) is 0 Å². The Kier molecular flexibility index (Phi) is 13.8. The van der Waals surface area contributed by atoms with Crippen LogP contribution in [0.3, 0.4) is 0 Å². The summed E-state index contributed by atoms with van der Waals surface area (Å²) in [6.07, 6.45) is 0. The summed E-state index contributed by atoms with van der Waals surface area (Å²) >= 11 is 0. The van der Waals surface area contributed by atoms with Crippen LogP contribution in [0, 0.1) is 17.3 Å². The molecule has 0 aromatic carbocycles. The summed E-state index contributed by atoms with van der Waals surface area (Å²) in [6, 6.07) is 0. The van der Waals surface area contributed by atoms with Crippen molar-refractivity contribution in [1.82, 2.24) is 10.6 Å². The number of hydrogen-bond acceptors (Lipinski definition) is 5. The normalized spacial score (nSPS) is 13.6. The van der Waals surface area contributed by atoms with Crippen LogP contribution in [0.25, 0.3) is 0 Å². The number of ether oxygens (including phenoxy) is 3. The number of carbonyl (C=O) groups excluding carboxylic acids is 2. The van der Waals surface area contributed by atoms with Crippen LogP contribution in [0.15, 0.2) is 12.2 Å². The summed E-state index contributed by atoms with van der Waals surface area (Å²) in [5.41, 5.74) is 0.139. The Morgan fingerprint density at radius 2 is 1.29 bits per heavy atom. The highest BCUT2D eigenvalue weighted by Gasteiger charge is 2.21. The van der Waals surface area contributed by atoms with E-state index in [1.807, 2.05) is 34.6 Å². The predicted octanol–water partition coefficient (Wildman–Crippen LogP) is 2.16. The lowest BCUT2D eigenvalue weighted by atomic mass is 9.95. The highest BCUT2D eigenvalue weighted by Crippen LogP contribution is 2.12. The SMILES string of the molecule is C=C(C)C(=O)NCC(C)COCCOCCOC[C@H](C)CNC(=O)C(C)(C)C. The van der Waals surface area contributed by atoms with Gasteiger partial charge < -0.3 is 24.8 Å². The molecule has 0 aliphatic carbocycles. The van der Waals surface area contributed by atoms with Crippen LogP contribution in [0.2, 0.25) is 0 Å². The zero-order valence-electron chi connectivity index (χ0n) is 18.6. The van der Waals surface area contributed by atoms with Gasteiger partial charge in [0, 0.05) is 24.1 Å². The van der Waals surface area contributed by atoms with E-state index in [1.165, 1.54) is 0 Å². The highest BCUT2D eigenvalue weighted by atomic mass is 16.5. The van der Waals surface area contributed by atoms with Gasteiger partial charge in [-0.05, 0) is 18.8 Å². The molecular weight excluding hydrogens is 360 g/mol. The first-order valence-corrected chi connectivity index (χ1v) is 9.99. The number of rotatable bonds is 15. The fourth-order valence-electron chi connectivity index (χ4n) is 1.97. The molecule has 0 aromatic heterocycles. The third-order valence-corrected chi connectivity index (χ3v) is 3.84. The Morgan fingerprint density at radius 3 is 1.71 bits per heavy atom. The van der Waals surface area contributed by atoms with E-state index in [2.05, 4.69) is 17.2 Å². The molecule has 0 saturated carbocycles. The molecule has 0 aliphatic rings. The van der Waals surface area contributed by atoms with Crippen LogP contribution in [0.4, 0.5) is 0 Å². The number of nitrogens with one attached hydrogen (secondary N) is 2. The van der Waals surface area contributed by atoms with Gasteiger partial charge in [0.1, 0.15) is 0 Å². The van der Waals surface area contributed by atoms with Crippen molar-refractivity contribution in [2.45, 2.75) is 41.5 Å². The van der Waals surface area contributed by atoms with Gasteiger partial charge in [-0.2, -0.15) is 0 Å². The van der Waals surface area contributed by atoms with Gasteiger partial charge in [-0.15, -0.1) is 0 Å². The number of hydrogen-bond donors (Lipinski definition) is 2. The largest absolute Gasteiger partial charge is 0.379 e. The van der Waals surface area contributed by atoms with Crippen LogP contribution in [-0.4, -0.2) is 64.5 Å². The van der Waals surface area contributed by atoms with Gasteiger partial charge >= 0.3 is 0 Å². The smallest absolute Gasteiger partial charge is 0.246 e. The van der Waals surface area contributed by atoms with Gasteiger partial charge in [-0.3, -0.25) is 9.59 Å².